The first-order valence-electron chi connectivity index (χ1n) is 4.58. The topological polar surface area (TPSA) is 46.2 Å². The van der Waals surface area contributed by atoms with E-state index in [1.54, 1.807) is 0 Å². The minimum Gasteiger partial charge on any atom is -0.347 e. The largest absolute Gasteiger partial charge is 0.347 e. The van der Waals surface area contributed by atoms with Crippen LogP contribution in [0.25, 0.3) is 0 Å². The van der Waals surface area contributed by atoms with Crippen LogP contribution in [0.1, 0.15) is 6.42 Å². The van der Waals surface area contributed by atoms with Crippen LogP contribution in [0.5, 0.6) is 0 Å². The van der Waals surface area contributed by atoms with Gasteiger partial charge in [-0.2, -0.15) is 0 Å². The zero-order chi connectivity index (χ0) is 11.5. The van der Waals surface area contributed by atoms with E-state index in [9.17, 15) is 0 Å². The summed E-state index contributed by atoms with van der Waals surface area (Å²) in [6.45, 7) is 0. The molecule has 0 aromatic rings. The Kier molecular flexibility index (Phi) is 4.34. The van der Waals surface area contributed by atoms with Crippen molar-refractivity contribution in [3.8, 4) is 0 Å². The van der Waals surface area contributed by atoms with E-state index < -0.39 is 11.8 Å². The second-order valence-corrected chi connectivity index (χ2v) is 3.53. The van der Waals surface area contributed by atoms with E-state index in [1.807, 2.05) is 0 Å². The summed E-state index contributed by atoms with van der Waals surface area (Å²) in [6.07, 6.45) is 0.219. The highest BCUT2D eigenvalue weighted by molar-refractivity contribution is 6.18. The van der Waals surface area contributed by atoms with Crippen molar-refractivity contribution < 1.29 is 23.7 Å². The van der Waals surface area contributed by atoms with Crippen molar-refractivity contribution >= 4 is 11.6 Å². The number of alkyl halides is 1. The van der Waals surface area contributed by atoms with Crippen LogP contribution >= 0.6 is 11.6 Å². The highest BCUT2D eigenvalue weighted by Crippen LogP contribution is 2.44. The van der Waals surface area contributed by atoms with Crippen LogP contribution < -0.4 is 0 Å². The highest BCUT2D eigenvalue weighted by atomic mass is 35.5. The van der Waals surface area contributed by atoms with Crippen molar-refractivity contribution in [1.82, 2.24) is 0 Å². The van der Waals surface area contributed by atoms with Crippen LogP contribution in [0, 0.1) is 0 Å². The summed E-state index contributed by atoms with van der Waals surface area (Å²) in [6, 6.07) is 0. The molecule has 90 valence electrons. The van der Waals surface area contributed by atoms with Gasteiger partial charge < -0.3 is 23.7 Å². The summed E-state index contributed by atoms with van der Waals surface area (Å²) in [5.74, 6) is -2.13. The molecule has 0 aromatic carbocycles. The third kappa shape index (κ3) is 1.88. The molecule has 1 rings (SSSR count). The Labute approximate surface area is 94.5 Å². The lowest BCUT2D eigenvalue weighted by atomic mass is 10.1. The van der Waals surface area contributed by atoms with E-state index in [4.69, 9.17) is 35.3 Å². The normalized spacial score (nSPS) is 28.2. The Morgan fingerprint density at radius 2 is 1.67 bits per heavy atom. The minimum absolute atomic E-state index is 0.230. The summed E-state index contributed by atoms with van der Waals surface area (Å²) >= 11 is 5.74. The van der Waals surface area contributed by atoms with Gasteiger partial charge in [-0.15, -0.1) is 11.6 Å². The molecule has 0 saturated carbocycles. The maximum Gasteiger partial charge on any atom is 0.340 e. The van der Waals surface area contributed by atoms with Gasteiger partial charge in [0.15, 0.2) is 0 Å². The van der Waals surface area contributed by atoms with Crippen LogP contribution in [0.3, 0.4) is 0 Å². The van der Waals surface area contributed by atoms with Gasteiger partial charge in [0.2, 0.25) is 0 Å². The van der Waals surface area contributed by atoms with Crippen molar-refractivity contribution in [3.63, 3.8) is 0 Å². The van der Waals surface area contributed by atoms with Crippen LogP contribution in [0.2, 0.25) is 0 Å². The third-order valence-electron chi connectivity index (χ3n) is 2.65. The number of halogens is 1. The lowest BCUT2D eigenvalue weighted by Gasteiger charge is -2.38. The second-order valence-electron chi connectivity index (χ2n) is 3.22. The number of hydrogen-bond acceptors (Lipinski definition) is 5. The molecule has 1 atom stereocenters. The molecule has 1 unspecified atom stereocenters. The van der Waals surface area contributed by atoms with Gasteiger partial charge >= 0.3 is 5.97 Å². The number of rotatable bonds is 5. The van der Waals surface area contributed by atoms with Crippen molar-refractivity contribution in [1.29, 1.82) is 0 Å². The van der Waals surface area contributed by atoms with E-state index in [-0.39, 0.29) is 6.10 Å². The summed E-state index contributed by atoms with van der Waals surface area (Å²) in [5, 5.41) is 0. The fourth-order valence-electron chi connectivity index (χ4n) is 1.85. The first-order valence-corrected chi connectivity index (χ1v) is 5.11. The molecular weight excluding hydrogens is 224 g/mol. The maximum absolute atomic E-state index is 5.74. The van der Waals surface area contributed by atoms with Crippen LogP contribution in [0.4, 0.5) is 0 Å². The van der Waals surface area contributed by atoms with E-state index in [0.717, 1.165) is 0 Å². The quantitative estimate of drug-likeness (QED) is 0.529. The molecule has 0 aliphatic carbocycles. The number of methoxy groups -OCH3 is 4. The van der Waals surface area contributed by atoms with Gasteiger partial charge in [0.1, 0.15) is 0 Å². The molecule has 1 fully saturated rings. The minimum atomic E-state index is -1.37. The van der Waals surface area contributed by atoms with Crippen molar-refractivity contribution in [2.75, 3.05) is 34.3 Å². The molecule has 6 heteroatoms. The van der Waals surface area contributed by atoms with Gasteiger partial charge in [-0.25, -0.2) is 0 Å². The first-order chi connectivity index (χ1) is 7.13. The second kappa shape index (κ2) is 4.95. The lowest BCUT2D eigenvalue weighted by molar-refractivity contribution is -0.451. The maximum atomic E-state index is 5.74. The molecule has 1 saturated heterocycles. The molecule has 0 N–H and O–H groups in total. The van der Waals surface area contributed by atoms with Crippen molar-refractivity contribution in [3.05, 3.63) is 0 Å². The van der Waals surface area contributed by atoms with E-state index in [0.29, 0.717) is 12.3 Å². The van der Waals surface area contributed by atoms with E-state index >= 15 is 0 Å². The zero-order valence-corrected chi connectivity index (χ0v) is 10.2. The number of hydrogen-bond donors (Lipinski definition) is 0. The third-order valence-corrected chi connectivity index (χ3v) is 3.00. The van der Waals surface area contributed by atoms with Gasteiger partial charge in [-0.05, 0) is 0 Å². The Bertz CT molecular complexity index is 183. The van der Waals surface area contributed by atoms with Crippen molar-refractivity contribution in [2.45, 2.75) is 24.3 Å². The fraction of sp³-hybridized carbons (Fsp3) is 1.00. The molecular formula is C9H17ClO5. The fourth-order valence-corrected chi connectivity index (χ4v) is 2.02. The zero-order valence-electron chi connectivity index (χ0n) is 9.41. The standard InChI is InChI=1S/C9H17ClO5/c1-11-8(12-2)5-7(6-10)15-9(8,13-3)14-4/h7H,5-6H2,1-4H3. The highest BCUT2D eigenvalue weighted by Gasteiger charge is 2.63. The molecule has 0 bridgehead atoms. The Morgan fingerprint density at radius 3 is 1.93 bits per heavy atom. The molecule has 15 heavy (non-hydrogen) atoms. The molecule has 1 heterocycles. The molecule has 0 aromatic heterocycles. The van der Waals surface area contributed by atoms with Crippen LogP contribution in [0.15, 0.2) is 0 Å². The summed E-state index contributed by atoms with van der Waals surface area (Å²) < 4.78 is 26.7. The van der Waals surface area contributed by atoms with Gasteiger partial charge in [0.25, 0.3) is 5.79 Å². The van der Waals surface area contributed by atoms with Crippen LogP contribution in [-0.4, -0.2) is 52.2 Å². The summed E-state index contributed by atoms with van der Waals surface area (Å²) in [7, 11) is 5.95. The molecule has 1 aliphatic rings. The average molecular weight is 241 g/mol. The van der Waals surface area contributed by atoms with E-state index in [2.05, 4.69) is 0 Å². The first kappa shape index (κ1) is 13.2. The predicted octanol–water partition coefficient (Wildman–Crippen LogP) is 0.950. The summed E-state index contributed by atoms with van der Waals surface area (Å²) in [4.78, 5) is 0. The van der Waals surface area contributed by atoms with Crippen molar-refractivity contribution in [2.24, 2.45) is 0 Å². The molecule has 0 spiro atoms. The number of ether oxygens (including phenoxy) is 5. The molecule has 1 aliphatic heterocycles. The Morgan fingerprint density at radius 1 is 1.13 bits per heavy atom. The molecule has 0 amide bonds. The lowest BCUT2D eigenvalue weighted by Crippen LogP contribution is -2.56. The monoisotopic (exact) mass is 240 g/mol. The van der Waals surface area contributed by atoms with Crippen LogP contribution in [-0.2, 0) is 23.7 Å². The molecule has 5 nitrogen and oxygen atoms in total. The van der Waals surface area contributed by atoms with Gasteiger partial charge in [0, 0.05) is 40.7 Å². The van der Waals surface area contributed by atoms with E-state index in [1.165, 1.54) is 28.4 Å². The van der Waals surface area contributed by atoms with Gasteiger partial charge in [-0.1, -0.05) is 0 Å². The van der Waals surface area contributed by atoms with Gasteiger partial charge in [-0.3, -0.25) is 0 Å². The Hall–Kier alpha value is 0.0900. The Balaban J connectivity index is 3.00. The smallest absolute Gasteiger partial charge is 0.340 e. The van der Waals surface area contributed by atoms with Gasteiger partial charge in [0.05, 0.1) is 6.10 Å². The summed E-state index contributed by atoms with van der Waals surface area (Å²) in [5.41, 5.74) is 0. The SMILES string of the molecule is COC1(OC)CC(CCl)OC1(OC)OC. The molecule has 0 radical (unpaired) electrons. The predicted molar refractivity (Wildman–Crippen MR) is 53.7 cm³/mol. The average Bonchev–Trinajstić information content (AvgIpc) is 2.64.